The van der Waals surface area contributed by atoms with Gasteiger partial charge in [-0.05, 0) is 36.8 Å². The highest BCUT2D eigenvalue weighted by Gasteiger charge is 2.24. The van der Waals surface area contributed by atoms with Gasteiger partial charge in [0.1, 0.15) is 5.76 Å². The van der Waals surface area contributed by atoms with Gasteiger partial charge in [0.15, 0.2) is 5.71 Å². The number of rotatable bonds is 6. The van der Waals surface area contributed by atoms with Crippen molar-refractivity contribution in [2.75, 3.05) is 5.32 Å². The van der Waals surface area contributed by atoms with Crippen molar-refractivity contribution in [2.45, 2.75) is 13.8 Å². The van der Waals surface area contributed by atoms with E-state index in [1.165, 1.54) is 6.26 Å². The number of nitrogens with one attached hydrogen (secondary N) is 2. The van der Waals surface area contributed by atoms with Crippen LogP contribution in [0.25, 0.3) is 11.1 Å². The minimum atomic E-state index is -0.542. The molecule has 0 aliphatic rings. The van der Waals surface area contributed by atoms with Crippen molar-refractivity contribution < 1.29 is 14.0 Å². The number of allylic oxidation sites excluding steroid dienone is 1. The zero-order valence-corrected chi connectivity index (χ0v) is 18.3. The summed E-state index contributed by atoms with van der Waals surface area (Å²) in [6.45, 7) is 3.38. The molecule has 0 bridgehead atoms. The highest BCUT2D eigenvalue weighted by Crippen LogP contribution is 2.28. The van der Waals surface area contributed by atoms with Gasteiger partial charge in [0.25, 0.3) is 11.8 Å². The smallest absolute Gasteiger partial charge is 0.278 e. The molecule has 0 saturated carbocycles. The monoisotopic (exact) mass is 434 g/mol. The van der Waals surface area contributed by atoms with Crippen molar-refractivity contribution >= 4 is 37.8 Å². The van der Waals surface area contributed by atoms with Gasteiger partial charge < -0.3 is 20.9 Å². The number of furan rings is 1. The van der Waals surface area contributed by atoms with E-state index >= 15 is 0 Å². The lowest BCUT2D eigenvalue weighted by atomic mass is 10.0. The van der Waals surface area contributed by atoms with E-state index in [1.54, 1.807) is 32.1 Å². The first-order valence-electron chi connectivity index (χ1n) is 9.51. The Balaban J connectivity index is 1.82. The van der Waals surface area contributed by atoms with Crippen molar-refractivity contribution in [1.29, 1.82) is 0 Å². The van der Waals surface area contributed by atoms with E-state index in [2.05, 4.69) is 25.0 Å². The van der Waals surface area contributed by atoms with Gasteiger partial charge in [-0.15, -0.1) is 9.24 Å². The highest BCUT2D eigenvalue weighted by molar-refractivity contribution is 7.27. The van der Waals surface area contributed by atoms with E-state index in [0.717, 1.165) is 10.9 Å². The van der Waals surface area contributed by atoms with Crippen LogP contribution in [0.15, 0.2) is 82.2 Å². The summed E-state index contributed by atoms with van der Waals surface area (Å²) in [5.74, 6) is 4.97. The van der Waals surface area contributed by atoms with Crippen molar-refractivity contribution in [3.05, 3.63) is 84.0 Å². The minimum absolute atomic E-state index is 0.104. The van der Waals surface area contributed by atoms with Crippen LogP contribution in [0.1, 0.15) is 23.0 Å². The Morgan fingerprint density at radius 3 is 2.39 bits per heavy atom. The molecule has 1 unspecified atom stereocenters. The summed E-state index contributed by atoms with van der Waals surface area (Å²) >= 11 is 0. The normalized spacial score (nSPS) is 11.8. The van der Waals surface area contributed by atoms with Crippen LogP contribution in [0.5, 0.6) is 0 Å². The summed E-state index contributed by atoms with van der Waals surface area (Å²) in [5, 5.41) is 10.0. The SMILES string of the molecule is C/C=C(NC(=O)c1c(-c2ccccc2)coc1C)\C(=N/N)C(=O)Nc1ccc(P)cc1. The van der Waals surface area contributed by atoms with Gasteiger partial charge in [0.2, 0.25) is 0 Å². The standard InChI is InChI=1S/C23H23N4O3P/c1-3-19(21(27-24)23(29)25-16-9-11-17(31)12-10-16)26-22(28)20-14(2)30-13-18(20)15-7-5-4-6-8-15/h3-13H,24,31H2,1-2H3,(H,25,29)(H,26,28)/b19-3+,27-21+. The van der Waals surface area contributed by atoms with Crippen LogP contribution in [-0.4, -0.2) is 17.5 Å². The van der Waals surface area contributed by atoms with Gasteiger partial charge >= 0.3 is 0 Å². The van der Waals surface area contributed by atoms with E-state index in [-0.39, 0.29) is 11.4 Å². The van der Waals surface area contributed by atoms with Crippen molar-refractivity contribution in [1.82, 2.24) is 5.32 Å². The number of hydrogen-bond acceptors (Lipinski definition) is 5. The van der Waals surface area contributed by atoms with Gasteiger partial charge in [-0.2, -0.15) is 5.10 Å². The summed E-state index contributed by atoms with van der Waals surface area (Å²) < 4.78 is 5.49. The molecule has 0 spiro atoms. The quantitative estimate of drug-likeness (QED) is 0.239. The Bertz CT molecular complexity index is 1150. The Morgan fingerprint density at radius 2 is 1.77 bits per heavy atom. The summed E-state index contributed by atoms with van der Waals surface area (Å²) in [6.07, 6.45) is 3.10. The number of hydrazone groups is 1. The second-order valence-electron chi connectivity index (χ2n) is 6.66. The Kier molecular flexibility index (Phi) is 7.00. The molecule has 0 fully saturated rings. The van der Waals surface area contributed by atoms with Crippen molar-refractivity contribution in [3.8, 4) is 11.1 Å². The molecule has 0 aliphatic carbocycles. The maximum atomic E-state index is 13.1. The molecule has 1 heterocycles. The van der Waals surface area contributed by atoms with E-state index in [1.807, 2.05) is 42.5 Å². The number of anilines is 1. The zero-order chi connectivity index (χ0) is 22.4. The summed E-state index contributed by atoms with van der Waals surface area (Å²) in [5.41, 5.74) is 2.53. The second-order valence-corrected chi connectivity index (χ2v) is 7.32. The number of nitrogens with two attached hydrogens (primary N) is 1. The number of carbonyl (C=O) groups excluding carboxylic acids is 2. The van der Waals surface area contributed by atoms with E-state index in [9.17, 15) is 9.59 Å². The van der Waals surface area contributed by atoms with Crippen LogP contribution in [0, 0.1) is 6.92 Å². The second kappa shape index (κ2) is 9.87. The maximum Gasteiger partial charge on any atom is 0.278 e. The molecule has 7 nitrogen and oxygen atoms in total. The molecule has 0 saturated heterocycles. The van der Waals surface area contributed by atoms with Crippen LogP contribution in [0.4, 0.5) is 5.69 Å². The van der Waals surface area contributed by atoms with Gasteiger partial charge in [-0.25, -0.2) is 0 Å². The lowest BCUT2D eigenvalue weighted by Crippen LogP contribution is -2.35. The third kappa shape index (κ3) is 5.08. The first-order valence-corrected chi connectivity index (χ1v) is 10.1. The third-order valence-corrected chi connectivity index (χ3v) is 4.98. The third-order valence-electron chi connectivity index (χ3n) is 4.59. The Morgan fingerprint density at radius 1 is 1.10 bits per heavy atom. The molecule has 2 amide bonds. The van der Waals surface area contributed by atoms with Crippen LogP contribution in [0.2, 0.25) is 0 Å². The lowest BCUT2D eigenvalue weighted by Gasteiger charge is -2.13. The summed E-state index contributed by atoms with van der Waals surface area (Å²) in [7, 11) is 2.57. The predicted octanol–water partition coefficient (Wildman–Crippen LogP) is 3.34. The minimum Gasteiger partial charge on any atom is -0.468 e. The molecule has 0 aliphatic heterocycles. The number of aryl methyl sites for hydroxylation is 1. The predicted molar refractivity (Wildman–Crippen MR) is 126 cm³/mol. The van der Waals surface area contributed by atoms with E-state index in [0.29, 0.717) is 22.6 Å². The van der Waals surface area contributed by atoms with Gasteiger partial charge in [-0.3, -0.25) is 9.59 Å². The molecule has 1 aromatic heterocycles. The fourth-order valence-electron chi connectivity index (χ4n) is 3.03. The van der Waals surface area contributed by atoms with Crippen LogP contribution in [-0.2, 0) is 4.79 Å². The molecular formula is C23H23N4O3P. The maximum absolute atomic E-state index is 13.1. The topological polar surface area (TPSA) is 110 Å². The Hall–Kier alpha value is -3.70. The zero-order valence-electron chi connectivity index (χ0n) is 17.2. The number of hydrogen-bond donors (Lipinski definition) is 3. The van der Waals surface area contributed by atoms with E-state index < -0.39 is 11.8 Å². The van der Waals surface area contributed by atoms with Crippen LogP contribution < -0.4 is 21.8 Å². The average Bonchev–Trinajstić information content (AvgIpc) is 3.17. The summed E-state index contributed by atoms with van der Waals surface area (Å²) in [6, 6.07) is 16.6. The number of benzene rings is 2. The molecule has 31 heavy (non-hydrogen) atoms. The van der Waals surface area contributed by atoms with Gasteiger partial charge in [-0.1, -0.05) is 48.5 Å². The fraction of sp³-hybridized carbons (Fsp3) is 0.0870. The molecule has 2 aromatic carbocycles. The molecule has 0 radical (unpaired) electrons. The fourth-order valence-corrected chi connectivity index (χ4v) is 3.22. The number of amides is 2. The average molecular weight is 434 g/mol. The van der Waals surface area contributed by atoms with Gasteiger partial charge in [0.05, 0.1) is 17.5 Å². The van der Waals surface area contributed by atoms with Crippen LogP contribution in [0.3, 0.4) is 0 Å². The first kappa shape index (κ1) is 22.0. The lowest BCUT2D eigenvalue weighted by molar-refractivity contribution is -0.110. The molecule has 3 aromatic rings. The van der Waals surface area contributed by atoms with Crippen molar-refractivity contribution in [2.24, 2.45) is 10.9 Å². The molecule has 158 valence electrons. The number of nitrogens with zero attached hydrogens (tertiary/aromatic N) is 1. The van der Waals surface area contributed by atoms with Gasteiger partial charge in [0, 0.05) is 11.3 Å². The van der Waals surface area contributed by atoms with E-state index in [4.69, 9.17) is 10.3 Å². The number of carbonyl (C=O) groups is 2. The molecular weight excluding hydrogens is 411 g/mol. The molecule has 1 atom stereocenters. The first-order chi connectivity index (χ1) is 14.9. The molecule has 8 heteroatoms. The van der Waals surface area contributed by atoms with Crippen LogP contribution >= 0.6 is 9.24 Å². The summed E-state index contributed by atoms with van der Waals surface area (Å²) in [4.78, 5) is 25.8. The largest absolute Gasteiger partial charge is 0.468 e. The Labute approximate surface area is 182 Å². The van der Waals surface area contributed by atoms with Crippen molar-refractivity contribution in [3.63, 3.8) is 0 Å². The molecule has 3 rings (SSSR count). The highest BCUT2D eigenvalue weighted by atomic mass is 31.0. The molecule has 4 N–H and O–H groups in total.